The van der Waals surface area contributed by atoms with Crippen molar-refractivity contribution in [3.05, 3.63) is 35.7 Å². The number of ether oxygens (including phenoxy) is 1. The predicted molar refractivity (Wildman–Crippen MR) is 92.4 cm³/mol. The van der Waals surface area contributed by atoms with Crippen LogP contribution in [0.4, 0.5) is 18.9 Å². The average molecular weight is 402 g/mol. The first-order valence-electron chi connectivity index (χ1n) is 7.78. The maximum absolute atomic E-state index is 12.7. The summed E-state index contributed by atoms with van der Waals surface area (Å²) in [6.45, 7) is 3.47. The van der Waals surface area contributed by atoms with E-state index < -0.39 is 23.9 Å². The number of amides is 1. The Bertz CT molecular complexity index is 819. The molecule has 1 aromatic carbocycles. The topological polar surface area (TPSA) is 86.1 Å². The van der Waals surface area contributed by atoms with Crippen molar-refractivity contribution >= 4 is 29.3 Å². The van der Waals surface area contributed by atoms with Gasteiger partial charge in [-0.25, -0.2) is 4.79 Å². The van der Waals surface area contributed by atoms with E-state index in [-0.39, 0.29) is 17.0 Å². The van der Waals surface area contributed by atoms with Crippen LogP contribution in [0.1, 0.15) is 30.0 Å². The first kappa shape index (κ1) is 20.7. The number of halogens is 3. The largest absolute Gasteiger partial charge is 0.459 e. The second-order valence-corrected chi connectivity index (χ2v) is 6.67. The molecule has 0 radical (unpaired) electrons. The van der Waals surface area contributed by atoms with Gasteiger partial charge in [0.2, 0.25) is 11.7 Å². The molecule has 0 aliphatic carbocycles. The molecule has 0 fully saturated rings. The Labute approximate surface area is 157 Å². The molecule has 2 aromatic rings. The molecule has 0 unspecified atom stereocenters. The van der Waals surface area contributed by atoms with Crippen LogP contribution in [0, 0.1) is 0 Å². The maximum Gasteiger partial charge on any atom is 0.451 e. The number of esters is 1. The first-order valence-corrected chi connectivity index (χ1v) is 8.76. The molecular formula is C16H17F3N4O3S. The molecular weight excluding hydrogens is 385 g/mol. The Kier molecular flexibility index (Phi) is 6.47. The van der Waals surface area contributed by atoms with Crippen molar-refractivity contribution in [3.63, 3.8) is 0 Å². The van der Waals surface area contributed by atoms with E-state index in [1.54, 1.807) is 13.8 Å². The fourth-order valence-electron chi connectivity index (χ4n) is 1.99. The van der Waals surface area contributed by atoms with Crippen molar-refractivity contribution < 1.29 is 27.5 Å². The number of thioether (sulfide) groups is 1. The van der Waals surface area contributed by atoms with E-state index >= 15 is 0 Å². The monoisotopic (exact) mass is 402 g/mol. The Morgan fingerprint density at radius 3 is 2.37 bits per heavy atom. The molecule has 1 amide bonds. The Morgan fingerprint density at radius 2 is 1.85 bits per heavy atom. The Balaban J connectivity index is 1.91. The van der Waals surface area contributed by atoms with Crippen molar-refractivity contribution in [2.75, 3.05) is 11.1 Å². The summed E-state index contributed by atoms with van der Waals surface area (Å²) in [4.78, 5) is 23.7. The summed E-state index contributed by atoms with van der Waals surface area (Å²) in [7, 11) is 1.18. The van der Waals surface area contributed by atoms with Crippen LogP contribution in [-0.2, 0) is 22.8 Å². The van der Waals surface area contributed by atoms with E-state index in [0.29, 0.717) is 11.3 Å². The van der Waals surface area contributed by atoms with E-state index in [0.717, 1.165) is 16.3 Å². The lowest BCUT2D eigenvalue weighted by Crippen LogP contribution is -2.16. The maximum atomic E-state index is 12.7. The van der Waals surface area contributed by atoms with Crippen LogP contribution < -0.4 is 5.32 Å². The van der Waals surface area contributed by atoms with E-state index in [2.05, 4.69) is 15.5 Å². The second kappa shape index (κ2) is 8.42. The van der Waals surface area contributed by atoms with E-state index in [1.165, 1.54) is 31.3 Å². The number of benzene rings is 1. The van der Waals surface area contributed by atoms with Gasteiger partial charge >= 0.3 is 12.1 Å². The highest BCUT2D eigenvalue weighted by molar-refractivity contribution is 7.99. The van der Waals surface area contributed by atoms with Gasteiger partial charge in [0.15, 0.2) is 5.16 Å². The summed E-state index contributed by atoms with van der Waals surface area (Å²) in [5.74, 6) is -2.19. The zero-order chi connectivity index (χ0) is 20.2. The Morgan fingerprint density at radius 1 is 1.22 bits per heavy atom. The molecule has 11 heteroatoms. The number of carbonyl (C=O) groups is 2. The number of alkyl halides is 3. The fourth-order valence-corrected chi connectivity index (χ4v) is 2.70. The molecule has 27 heavy (non-hydrogen) atoms. The van der Waals surface area contributed by atoms with Crippen LogP contribution in [0.25, 0.3) is 0 Å². The lowest BCUT2D eigenvalue weighted by molar-refractivity contribution is -0.147. The second-order valence-electron chi connectivity index (χ2n) is 5.73. The molecule has 1 N–H and O–H groups in total. The van der Waals surface area contributed by atoms with E-state index in [9.17, 15) is 22.8 Å². The molecule has 0 saturated heterocycles. The number of hydrogen-bond acceptors (Lipinski definition) is 6. The van der Waals surface area contributed by atoms with Crippen molar-refractivity contribution in [2.24, 2.45) is 7.05 Å². The van der Waals surface area contributed by atoms with Crippen molar-refractivity contribution in [3.8, 4) is 0 Å². The van der Waals surface area contributed by atoms with Gasteiger partial charge in [-0.15, -0.1) is 10.2 Å². The normalized spacial score (nSPS) is 11.5. The van der Waals surface area contributed by atoms with E-state index in [1.807, 2.05) is 0 Å². The quantitative estimate of drug-likeness (QED) is 0.590. The van der Waals surface area contributed by atoms with Gasteiger partial charge in [-0.2, -0.15) is 13.2 Å². The smallest absolute Gasteiger partial charge is 0.451 e. The SMILES string of the molecule is CC(C)OC(=O)c1ccc(NC(=O)CSc2nnc(C(F)(F)F)n2C)cc1. The van der Waals surface area contributed by atoms with Crippen molar-refractivity contribution in [2.45, 2.75) is 31.3 Å². The molecule has 0 aliphatic heterocycles. The lowest BCUT2D eigenvalue weighted by Gasteiger charge is -2.09. The summed E-state index contributed by atoms with van der Waals surface area (Å²) in [5, 5.41) is 9.09. The summed E-state index contributed by atoms with van der Waals surface area (Å²) in [6, 6.07) is 6.07. The summed E-state index contributed by atoms with van der Waals surface area (Å²) >= 11 is 0.829. The molecule has 0 atom stereocenters. The molecule has 146 valence electrons. The molecule has 0 bridgehead atoms. The van der Waals surface area contributed by atoms with Gasteiger partial charge in [-0.1, -0.05) is 11.8 Å². The summed E-state index contributed by atoms with van der Waals surface area (Å²) in [5.41, 5.74) is 0.783. The molecule has 0 aliphatic rings. The van der Waals surface area contributed by atoms with E-state index in [4.69, 9.17) is 4.74 Å². The van der Waals surface area contributed by atoms with Gasteiger partial charge in [0.1, 0.15) is 0 Å². The minimum Gasteiger partial charge on any atom is -0.459 e. The molecule has 0 spiro atoms. The molecule has 7 nitrogen and oxygen atoms in total. The minimum atomic E-state index is -4.61. The lowest BCUT2D eigenvalue weighted by atomic mass is 10.2. The van der Waals surface area contributed by atoms with Crippen molar-refractivity contribution in [1.29, 1.82) is 0 Å². The highest BCUT2D eigenvalue weighted by Gasteiger charge is 2.37. The molecule has 1 heterocycles. The number of anilines is 1. The van der Waals surface area contributed by atoms with Crippen LogP contribution in [0.5, 0.6) is 0 Å². The zero-order valence-corrected chi connectivity index (χ0v) is 15.5. The zero-order valence-electron chi connectivity index (χ0n) is 14.7. The highest BCUT2D eigenvalue weighted by atomic mass is 32.2. The van der Waals surface area contributed by atoms with Gasteiger partial charge in [-0.05, 0) is 38.1 Å². The summed E-state index contributed by atoms with van der Waals surface area (Å²) < 4.78 is 43.8. The van der Waals surface area contributed by atoms with Crippen LogP contribution in [0.3, 0.4) is 0 Å². The average Bonchev–Trinajstić information content (AvgIpc) is 2.94. The van der Waals surface area contributed by atoms with Crippen LogP contribution in [0.15, 0.2) is 29.4 Å². The third-order valence-corrected chi connectivity index (χ3v) is 4.19. The number of hydrogen-bond donors (Lipinski definition) is 1. The molecule has 2 rings (SSSR count). The number of carbonyl (C=O) groups excluding carboxylic acids is 2. The first-order chi connectivity index (χ1) is 12.6. The number of nitrogens with one attached hydrogen (secondary N) is 1. The standard InChI is InChI=1S/C16H17F3N4O3S/c1-9(2)26-13(25)10-4-6-11(7-5-10)20-12(24)8-27-15-22-21-14(23(15)3)16(17,18)19/h4-7,9H,8H2,1-3H3,(H,20,24). The molecule has 0 saturated carbocycles. The third-order valence-electron chi connectivity index (χ3n) is 3.17. The van der Waals surface area contributed by atoms with Gasteiger partial charge in [-0.3, -0.25) is 4.79 Å². The third kappa shape index (κ3) is 5.71. The van der Waals surface area contributed by atoms with Gasteiger partial charge < -0.3 is 14.6 Å². The predicted octanol–water partition coefficient (Wildman–Crippen LogP) is 3.13. The number of aromatic nitrogens is 3. The van der Waals surface area contributed by atoms with Crippen LogP contribution in [0.2, 0.25) is 0 Å². The van der Waals surface area contributed by atoms with Crippen molar-refractivity contribution in [1.82, 2.24) is 14.8 Å². The van der Waals surface area contributed by atoms with Gasteiger partial charge in [0.05, 0.1) is 17.4 Å². The number of rotatable bonds is 6. The van der Waals surface area contributed by atoms with Crippen LogP contribution in [-0.4, -0.2) is 38.5 Å². The summed E-state index contributed by atoms with van der Waals surface area (Å²) in [6.07, 6.45) is -4.85. The van der Waals surface area contributed by atoms with Gasteiger partial charge in [0, 0.05) is 12.7 Å². The number of nitrogens with zero attached hydrogens (tertiary/aromatic N) is 3. The molecule has 1 aromatic heterocycles. The highest BCUT2D eigenvalue weighted by Crippen LogP contribution is 2.29. The minimum absolute atomic E-state index is 0.0238. The van der Waals surface area contributed by atoms with Crippen LogP contribution >= 0.6 is 11.8 Å². The fraction of sp³-hybridized carbons (Fsp3) is 0.375. The van der Waals surface area contributed by atoms with Gasteiger partial charge in [0.25, 0.3) is 0 Å². The Hall–Kier alpha value is -2.56.